The molecule has 0 saturated carbocycles. The van der Waals surface area contributed by atoms with Crippen LogP contribution in [0.25, 0.3) is 0 Å². The molecule has 7 heteroatoms. The molecule has 6 nitrogen and oxygen atoms in total. The van der Waals surface area contributed by atoms with Gasteiger partial charge in [-0.15, -0.1) is 0 Å². The molecule has 2 aliphatic rings. The van der Waals surface area contributed by atoms with Gasteiger partial charge >= 0.3 is 0 Å². The minimum atomic E-state index is -3.66. The van der Waals surface area contributed by atoms with Crippen LogP contribution in [0.2, 0.25) is 0 Å². The molecule has 2 aliphatic heterocycles. The van der Waals surface area contributed by atoms with E-state index in [1.165, 1.54) is 4.31 Å². The summed E-state index contributed by atoms with van der Waals surface area (Å²) in [4.78, 5) is 15.1. The van der Waals surface area contributed by atoms with Crippen LogP contribution in [0.1, 0.15) is 32.6 Å². The molecule has 1 aromatic rings. The SMILES string of the molecule is CC1(CN)CCN(C(=O)C2CCCCN2S(=O)(=O)c2ccccc2)C1. The number of piperidine rings is 1. The Hall–Kier alpha value is -1.44. The van der Waals surface area contributed by atoms with Crippen LogP contribution in [0, 0.1) is 5.41 Å². The summed E-state index contributed by atoms with van der Waals surface area (Å²) in [6.45, 7) is 4.28. The summed E-state index contributed by atoms with van der Waals surface area (Å²) in [7, 11) is -3.66. The molecule has 2 heterocycles. The number of nitrogens with two attached hydrogens (primary N) is 1. The maximum atomic E-state index is 13.1. The van der Waals surface area contributed by atoms with E-state index >= 15 is 0 Å². The zero-order valence-electron chi connectivity index (χ0n) is 14.7. The van der Waals surface area contributed by atoms with Crippen molar-refractivity contribution in [2.75, 3.05) is 26.2 Å². The molecule has 0 bridgehead atoms. The van der Waals surface area contributed by atoms with Crippen molar-refractivity contribution in [2.45, 2.75) is 43.5 Å². The maximum Gasteiger partial charge on any atom is 0.243 e. The molecule has 3 rings (SSSR count). The van der Waals surface area contributed by atoms with Crippen molar-refractivity contribution in [1.82, 2.24) is 9.21 Å². The Balaban J connectivity index is 1.83. The van der Waals surface area contributed by atoms with E-state index in [4.69, 9.17) is 5.73 Å². The fourth-order valence-electron chi connectivity index (χ4n) is 3.76. The van der Waals surface area contributed by atoms with Crippen LogP contribution < -0.4 is 5.73 Å². The highest BCUT2D eigenvalue weighted by atomic mass is 32.2. The monoisotopic (exact) mass is 365 g/mol. The van der Waals surface area contributed by atoms with E-state index in [1.807, 2.05) is 0 Å². The molecule has 2 atom stereocenters. The van der Waals surface area contributed by atoms with Crippen LogP contribution in [-0.4, -0.2) is 55.8 Å². The van der Waals surface area contributed by atoms with Crippen molar-refractivity contribution in [3.8, 4) is 0 Å². The van der Waals surface area contributed by atoms with E-state index in [1.54, 1.807) is 35.2 Å². The number of likely N-dealkylation sites (tertiary alicyclic amines) is 1. The number of carbonyl (C=O) groups excluding carboxylic acids is 1. The van der Waals surface area contributed by atoms with Crippen LogP contribution in [0.15, 0.2) is 35.2 Å². The Morgan fingerprint density at radius 3 is 2.60 bits per heavy atom. The van der Waals surface area contributed by atoms with Gasteiger partial charge in [0.2, 0.25) is 15.9 Å². The molecule has 0 spiro atoms. The molecule has 1 aromatic carbocycles. The highest BCUT2D eigenvalue weighted by Crippen LogP contribution is 2.32. The van der Waals surface area contributed by atoms with E-state index in [2.05, 4.69) is 6.92 Å². The highest BCUT2D eigenvalue weighted by molar-refractivity contribution is 7.89. The predicted molar refractivity (Wildman–Crippen MR) is 96.3 cm³/mol. The van der Waals surface area contributed by atoms with Gasteiger partial charge in [-0.05, 0) is 43.4 Å². The van der Waals surface area contributed by atoms with Crippen molar-refractivity contribution < 1.29 is 13.2 Å². The van der Waals surface area contributed by atoms with Gasteiger partial charge < -0.3 is 10.6 Å². The molecule has 2 fully saturated rings. The second kappa shape index (κ2) is 7.05. The molecule has 1 amide bonds. The lowest BCUT2D eigenvalue weighted by molar-refractivity contribution is -0.135. The van der Waals surface area contributed by atoms with Crippen LogP contribution in [0.5, 0.6) is 0 Å². The number of amides is 1. The third-order valence-electron chi connectivity index (χ3n) is 5.45. The lowest BCUT2D eigenvalue weighted by atomic mass is 9.90. The molecular weight excluding hydrogens is 338 g/mol. The van der Waals surface area contributed by atoms with Gasteiger partial charge in [-0.2, -0.15) is 4.31 Å². The standard InChI is InChI=1S/C18H27N3O3S/c1-18(13-19)10-12-20(14-18)17(22)16-9-5-6-11-21(16)25(23,24)15-7-3-2-4-8-15/h2-4,7-8,16H,5-6,9-14,19H2,1H3. The predicted octanol–water partition coefficient (Wildman–Crippen LogP) is 1.43. The fourth-order valence-corrected chi connectivity index (χ4v) is 5.43. The Labute approximate surface area is 150 Å². The molecule has 0 aliphatic carbocycles. The first kappa shape index (κ1) is 18.4. The van der Waals surface area contributed by atoms with Gasteiger partial charge in [-0.25, -0.2) is 8.42 Å². The molecule has 2 unspecified atom stereocenters. The van der Waals surface area contributed by atoms with Gasteiger partial charge in [-0.3, -0.25) is 4.79 Å². The van der Waals surface area contributed by atoms with Gasteiger partial charge in [0.05, 0.1) is 4.90 Å². The van der Waals surface area contributed by atoms with Crippen molar-refractivity contribution in [1.29, 1.82) is 0 Å². The molecule has 2 N–H and O–H groups in total. The number of carbonyl (C=O) groups is 1. The van der Waals surface area contributed by atoms with Crippen molar-refractivity contribution in [3.05, 3.63) is 30.3 Å². The van der Waals surface area contributed by atoms with Crippen molar-refractivity contribution >= 4 is 15.9 Å². The summed E-state index contributed by atoms with van der Waals surface area (Å²) in [6.07, 6.45) is 3.11. The van der Waals surface area contributed by atoms with Gasteiger partial charge in [0.25, 0.3) is 0 Å². The topological polar surface area (TPSA) is 83.7 Å². The summed E-state index contributed by atoms with van der Waals surface area (Å²) in [6, 6.07) is 7.79. The summed E-state index contributed by atoms with van der Waals surface area (Å²) in [5.74, 6) is -0.0728. The second-order valence-electron chi connectivity index (χ2n) is 7.46. The van der Waals surface area contributed by atoms with Gasteiger partial charge in [0.15, 0.2) is 0 Å². The Kier molecular flexibility index (Phi) is 5.18. The Bertz CT molecular complexity index is 722. The minimum Gasteiger partial charge on any atom is -0.341 e. The highest BCUT2D eigenvalue weighted by Gasteiger charge is 2.42. The van der Waals surface area contributed by atoms with E-state index in [9.17, 15) is 13.2 Å². The van der Waals surface area contributed by atoms with Gasteiger partial charge in [-0.1, -0.05) is 31.5 Å². The molecule has 2 saturated heterocycles. The number of benzene rings is 1. The number of hydrogen-bond acceptors (Lipinski definition) is 4. The van der Waals surface area contributed by atoms with Crippen molar-refractivity contribution in [3.63, 3.8) is 0 Å². The van der Waals surface area contributed by atoms with Crippen molar-refractivity contribution in [2.24, 2.45) is 11.1 Å². The Morgan fingerprint density at radius 2 is 1.96 bits per heavy atom. The summed E-state index contributed by atoms with van der Waals surface area (Å²) in [5, 5.41) is 0. The number of nitrogens with zero attached hydrogens (tertiary/aromatic N) is 2. The average molecular weight is 365 g/mol. The van der Waals surface area contributed by atoms with E-state index < -0.39 is 16.1 Å². The zero-order valence-corrected chi connectivity index (χ0v) is 15.5. The van der Waals surface area contributed by atoms with E-state index in [0.717, 1.165) is 19.3 Å². The molecule has 0 aromatic heterocycles. The Morgan fingerprint density at radius 1 is 1.24 bits per heavy atom. The van der Waals surface area contributed by atoms with Gasteiger partial charge in [0.1, 0.15) is 6.04 Å². The molecule has 25 heavy (non-hydrogen) atoms. The first-order valence-corrected chi connectivity index (χ1v) is 10.4. The summed E-state index contributed by atoms with van der Waals surface area (Å²) < 4.78 is 27.5. The van der Waals surface area contributed by atoms with Crippen LogP contribution in [-0.2, 0) is 14.8 Å². The van der Waals surface area contributed by atoms with Crippen LogP contribution in [0.3, 0.4) is 0 Å². The fraction of sp³-hybridized carbons (Fsp3) is 0.611. The second-order valence-corrected chi connectivity index (χ2v) is 9.36. The normalized spacial score (nSPS) is 28.2. The smallest absolute Gasteiger partial charge is 0.243 e. The summed E-state index contributed by atoms with van der Waals surface area (Å²) in [5.41, 5.74) is 5.78. The number of rotatable bonds is 4. The maximum absolute atomic E-state index is 13.1. The van der Waals surface area contributed by atoms with Crippen LogP contribution >= 0.6 is 0 Å². The number of sulfonamides is 1. The minimum absolute atomic E-state index is 0.0620. The lowest BCUT2D eigenvalue weighted by Crippen LogP contribution is -2.52. The molecule has 0 radical (unpaired) electrons. The van der Waals surface area contributed by atoms with E-state index in [0.29, 0.717) is 32.6 Å². The first-order chi connectivity index (χ1) is 11.9. The van der Waals surface area contributed by atoms with E-state index in [-0.39, 0.29) is 16.2 Å². The molecule has 138 valence electrons. The molecular formula is C18H27N3O3S. The largest absolute Gasteiger partial charge is 0.341 e. The third-order valence-corrected chi connectivity index (χ3v) is 7.37. The third kappa shape index (κ3) is 3.59. The zero-order chi connectivity index (χ0) is 18.1. The average Bonchev–Trinajstić information content (AvgIpc) is 3.05. The quantitative estimate of drug-likeness (QED) is 0.875. The van der Waals surface area contributed by atoms with Gasteiger partial charge in [0, 0.05) is 19.6 Å². The lowest BCUT2D eigenvalue weighted by Gasteiger charge is -2.36. The van der Waals surface area contributed by atoms with Crippen LogP contribution in [0.4, 0.5) is 0 Å². The number of hydrogen-bond donors (Lipinski definition) is 1. The first-order valence-electron chi connectivity index (χ1n) is 8.93. The summed E-state index contributed by atoms with van der Waals surface area (Å²) >= 11 is 0.